The third-order valence-corrected chi connectivity index (χ3v) is 3.42. The normalized spacial score (nSPS) is 15.7. The number of nitriles is 1. The molecule has 0 aliphatic carbocycles. The number of benzene rings is 1. The summed E-state index contributed by atoms with van der Waals surface area (Å²) in [5.41, 5.74) is 1.50. The van der Waals surface area contributed by atoms with Crippen molar-refractivity contribution in [3.63, 3.8) is 0 Å². The van der Waals surface area contributed by atoms with E-state index in [0.717, 1.165) is 5.56 Å². The first kappa shape index (κ1) is 14.1. The molecule has 1 aromatic carbocycles. The number of nitrogens with zero attached hydrogens (tertiary/aromatic N) is 3. The minimum Gasteiger partial charge on any atom is -0.330 e. The number of rotatable bonds is 3. The van der Waals surface area contributed by atoms with Gasteiger partial charge < -0.3 is 9.80 Å². The Bertz CT molecular complexity index is 557. The highest BCUT2D eigenvalue weighted by Crippen LogP contribution is 2.13. The van der Waals surface area contributed by atoms with E-state index in [1.165, 1.54) is 0 Å². The van der Waals surface area contributed by atoms with E-state index in [1.807, 2.05) is 26.0 Å². The number of hydrogen-bond acceptors (Lipinski definition) is 3. The fourth-order valence-corrected chi connectivity index (χ4v) is 2.24. The van der Waals surface area contributed by atoms with Gasteiger partial charge in [-0.1, -0.05) is 12.1 Å². The summed E-state index contributed by atoms with van der Waals surface area (Å²) in [5, 5.41) is 8.74. The number of carbonyl (C=O) groups excluding carboxylic acids is 2. The molecule has 0 N–H and O–H groups in total. The molecule has 0 spiro atoms. The van der Waals surface area contributed by atoms with Crippen LogP contribution < -0.4 is 0 Å². The predicted octanol–water partition coefficient (Wildman–Crippen LogP) is 1.14. The Labute approximate surface area is 118 Å². The van der Waals surface area contributed by atoms with Crippen molar-refractivity contribution in [3.05, 3.63) is 35.4 Å². The smallest absolute Gasteiger partial charge is 0.312 e. The molecule has 1 fully saturated rings. The van der Waals surface area contributed by atoms with Gasteiger partial charge in [0.05, 0.1) is 11.6 Å². The highest BCUT2D eigenvalue weighted by Gasteiger charge is 2.33. The molecule has 1 aromatic rings. The second kappa shape index (κ2) is 5.74. The summed E-state index contributed by atoms with van der Waals surface area (Å²) in [6, 6.07) is 9.15. The van der Waals surface area contributed by atoms with Crippen molar-refractivity contribution in [2.45, 2.75) is 26.4 Å². The zero-order valence-electron chi connectivity index (χ0n) is 11.7. The van der Waals surface area contributed by atoms with E-state index in [4.69, 9.17) is 5.26 Å². The molecule has 5 nitrogen and oxygen atoms in total. The van der Waals surface area contributed by atoms with Crippen LogP contribution in [0.5, 0.6) is 0 Å². The van der Waals surface area contributed by atoms with Crippen molar-refractivity contribution in [1.29, 1.82) is 5.26 Å². The zero-order chi connectivity index (χ0) is 14.7. The van der Waals surface area contributed by atoms with Crippen molar-refractivity contribution < 1.29 is 9.59 Å². The summed E-state index contributed by atoms with van der Waals surface area (Å²) < 4.78 is 0. The molecule has 0 atom stereocenters. The number of piperazine rings is 1. The van der Waals surface area contributed by atoms with E-state index in [1.54, 1.807) is 21.9 Å². The third kappa shape index (κ3) is 2.80. The molecule has 2 rings (SSSR count). The Morgan fingerprint density at radius 2 is 1.80 bits per heavy atom. The molecule has 1 aliphatic heterocycles. The van der Waals surface area contributed by atoms with Gasteiger partial charge in [0.15, 0.2) is 0 Å². The van der Waals surface area contributed by atoms with Gasteiger partial charge in [0, 0.05) is 25.7 Å². The Morgan fingerprint density at radius 1 is 1.15 bits per heavy atom. The van der Waals surface area contributed by atoms with Crippen LogP contribution in [0.25, 0.3) is 0 Å². The first-order valence-corrected chi connectivity index (χ1v) is 6.62. The number of amides is 2. The molecule has 1 aliphatic rings. The van der Waals surface area contributed by atoms with E-state index in [-0.39, 0.29) is 6.04 Å². The van der Waals surface area contributed by atoms with Gasteiger partial charge in [-0.05, 0) is 31.5 Å². The Morgan fingerprint density at radius 3 is 2.35 bits per heavy atom. The molecule has 0 unspecified atom stereocenters. The molecule has 20 heavy (non-hydrogen) atoms. The average Bonchev–Trinajstić information content (AvgIpc) is 2.44. The maximum absolute atomic E-state index is 12.1. The molecule has 0 radical (unpaired) electrons. The molecular formula is C15H17N3O2. The van der Waals surface area contributed by atoms with Crippen LogP contribution in [0.2, 0.25) is 0 Å². The second-order valence-corrected chi connectivity index (χ2v) is 5.13. The van der Waals surface area contributed by atoms with E-state index in [2.05, 4.69) is 6.07 Å². The quantitative estimate of drug-likeness (QED) is 0.774. The van der Waals surface area contributed by atoms with E-state index in [0.29, 0.717) is 25.2 Å². The lowest BCUT2D eigenvalue weighted by Crippen LogP contribution is -2.55. The minimum absolute atomic E-state index is 0.0449. The van der Waals surface area contributed by atoms with Crippen molar-refractivity contribution in [3.8, 4) is 6.07 Å². The third-order valence-electron chi connectivity index (χ3n) is 3.42. The minimum atomic E-state index is -0.450. The molecule has 0 aromatic heterocycles. The lowest BCUT2D eigenvalue weighted by molar-refractivity contribution is -0.157. The van der Waals surface area contributed by atoms with Gasteiger partial charge >= 0.3 is 11.8 Å². The molecule has 5 heteroatoms. The van der Waals surface area contributed by atoms with Crippen LogP contribution >= 0.6 is 0 Å². The Balaban J connectivity index is 2.06. The number of carbonyl (C=O) groups is 2. The first-order valence-electron chi connectivity index (χ1n) is 6.62. The van der Waals surface area contributed by atoms with Gasteiger partial charge in [-0.2, -0.15) is 5.26 Å². The average molecular weight is 271 g/mol. The van der Waals surface area contributed by atoms with Gasteiger partial charge in [-0.3, -0.25) is 9.59 Å². The van der Waals surface area contributed by atoms with Crippen LogP contribution in [-0.4, -0.2) is 40.7 Å². The summed E-state index contributed by atoms with van der Waals surface area (Å²) in [5.74, 6) is -0.880. The summed E-state index contributed by atoms with van der Waals surface area (Å²) in [6.07, 6.45) is 0. The van der Waals surface area contributed by atoms with Crippen LogP contribution in [0, 0.1) is 11.3 Å². The summed E-state index contributed by atoms with van der Waals surface area (Å²) in [6.45, 7) is 5.33. The van der Waals surface area contributed by atoms with Gasteiger partial charge in [-0.15, -0.1) is 0 Å². The highest BCUT2D eigenvalue weighted by atomic mass is 16.2. The fraction of sp³-hybridized carbons (Fsp3) is 0.400. The van der Waals surface area contributed by atoms with Crippen molar-refractivity contribution in [2.75, 3.05) is 13.1 Å². The van der Waals surface area contributed by atoms with Gasteiger partial charge in [0.2, 0.25) is 0 Å². The molecule has 0 bridgehead atoms. The van der Waals surface area contributed by atoms with E-state index < -0.39 is 11.8 Å². The molecule has 1 heterocycles. The topological polar surface area (TPSA) is 64.4 Å². The van der Waals surface area contributed by atoms with Crippen LogP contribution in [0.1, 0.15) is 25.0 Å². The van der Waals surface area contributed by atoms with Crippen LogP contribution in [0.3, 0.4) is 0 Å². The summed E-state index contributed by atoms with van der Waals surface area (Å²) >= 11 is 0. The molecule has 2 amide bonds. The standard InChI is InChI=1S/C15H17N3O2/c1-11(2)18-8-7-17(14(19)15(18)20)10-13-5-3-12(9-16)4-6-13/h3-6,11H,7-8,10H2,1-2H3. The maximum atomic E-state index is 12.1. The van der Waals surface area contributed by atoms with E-state index in [9.17, 15) is 9.59 Å². The second-order valence-electron chi connectivity index (χ2n) is 5.13. The van der Waals surface area contributed by atoms with Crippen LogP contribution in [0.4, 0.5) is 0 Å². The Kier molecular flexibility index (Phi) is 4.04. The van der Waals surface area contributed by atoms with E-state index >= 15 is 0 Å². The molecule has 1 saturated heterocycles. The SMILES string of the molecule is CC(C)N1CCN(Cc2ccc(C#N)cc2)C(=O)C1=O. The maximum Gasteiger partial charge on any atom is 0.312 e. The largest absolute Gasteiger partial charge is 0.330 e. The number of hydrogen-bond donors (Lipinski definition) is 0. The van der Waals surface area contributed by atoms with Gasteiger partial charge in [0.1, 0.15) is 0 Å². The zero-order valence-corrected chi connectivity index (χ0v) is 11.7. The van der Waals surface area contributed by atoms with Gasteiger partial charge in [-0.25, -0.2) is 0 Å². The monoisotopic (exact) mass is 271 g/mol. The summed E-state index contributed by atoms with van der Waals surface area (Å²) in [4.78, 5) is 27.2. The van der Waals surface area contributed by atoms with Crippen LogP contribution in [0.15, 0.2) is 24.3 Å². The summed E-state index contributed by atoms with van der Waals surface area (Å²) in [7, 11) is 0. The first-order chi connectivity index (χ1) is 9.52. The van der Waals surface area contributed by atoms with Gasteiger partial charge in [0.25, 0.3) is 0 Å². The molecule has 0 saturated carbocycles. The Hall–Kier alpha value is -2.35. The lowest BCUT2D eigenvalue weighted by Gasteiger charge is -2.36. The van der Waals surface area contributed by atoms with Crippen molar-refractivity contribution in [1.82, 2.24) is 9.80 Å². The molecule has 104 valence electrons. The predicted molar refractivity (Wildman–Crippen MR) is 73.4 cm³/mol. The van der Waals surface area contributed by atoms with Crippen molar-refractivity contribution >= 4 is 11.8 Å². The molecular weight excluding hydrogens is 254 g/mol. The fourth-order valence-electron chi connectivity index (χ4n) is 2.24. The lowest BCUT2D eigenvalue weighted by atomic mass is 10.1. The van der Waals surface area contributed by atoms with Crippen molar-refractivity contribution in [2.24, 2.45) is 0 Å². The van der Waals surface area contributed by atoms with Crippen LogP contribution in [-0.2, 0) is 16.1 Å². The highest BCUT2D eigenvalue weighted by molar-refractivity contribution is 6.35.